The van der Waals surface area contributed by atoms with Crippen molar-refractivity contribution in [3.05, 3.63) is 30.2 Å². The second-order valence-corrected chi connectivity index (χ2v) is 7.55. The first-order valence-corrected chi connectivity index (χ1v) is 9.99. The van der Waals surface area contributed by atoms with E-state index in [1.165, 1.54) is 30.0 Å². The van der Waals surface area contributed by atoms with Crippen molar-refractivity contribution in [2.45, 2.75) is 50.8 Å². The number of rotatable bonds is 7. The minimum Gasteiger partial charge on any atom is -0.308 e. The van der Waals surface area contributed by atoms with Crippen LogP contribution in [0.4, 0.5) is 5.82 Å². The number of carbonyl (C=O) groups excluding carboxylic acids is 1. The molecule has 2 aromatic rings. The molecule has 1 aliphatic rings. The fourth-order valence-electron chi connectivity index (χ4n) is 3.21. The summed E-state index contributed by atoms with van der Waals surface area (Å²) in [6.45, 7) is 1.82. The molecule has 10 heteroatoms. The molecule has 3 rings (SSSR count). The van der Waals surface area contributed by atoms with E-state index in [2.05, 4.69) is 25.4 Å². The topological polar surface area (TPSA) is 120 Å². The molecular weight excluding hydrogens is 356 g/mol. The highest BCUT2D eigenvalue weighted by molar-refractivity contribution is 7.71. The SMILES string of the molecule is Cc1cnc(NC(=O)[C@H](CC2CCCC2)n2cnc(C[SH](=O)=O)n2)cn1. The molecule has 0 aliphatic heterocycles. The van der Waals surface area contributed by atoms with Crippen LogP contribution in [0.25, 0.3) is 0 Å². The maximum absolute atomic E-state index is 12.8. The van der Waals surface area contributed by atoms with Crippen LogP contribution < -0.4 is 5.32 Å². The summed E-state index contributed by atoms with van der Waals surface area (Å²) in [5.74, 6) is 0.529. The van der Waals surface area contributed by atoms with Crippen LogP contribution in [0, 0.1) is 12.8 Å². The van der Waals surface area contributed by atoms with Crippen LogP contribution in [0.2, 0.25) is 0 Å². The summed E-state index contributed by atoms with van der Waals surface area (Å²) in [6, 6.07) is -0.563. The van der Waals surface area contributed by atoms with E-state index in [-0.39, 0.29) is 17.5 Å². The van der Waals surface area contributed by atoms with Gasteiger partial charge in [0.05, 0.1) is 18.1 Å². The Labute approximate surface area is 153 Å². The van der Waals surface area contributed by atoms with Crippen molar-refractivity contribution in [3.63, 3.8) is 0 Å². The van der Waals surface area contributed by atoms with Gasteiger partial charge >= 0.3 is 0 Å². The lowest BCUT2D eigenvalue weighted by molar-refractivity contribution is -0.120. The largest absolute Gasteiger partial charge is 0.308 e. The predicted octanol–water partition coefficient (Wildman–Crippen LogP) is 1.25. The van der Waals surface area contributed by atoms with Crippen LogP contribution in [0.3, 0.4) is 0 Å². The lowest BCUT2D eigenvalue weighted by atomic mass is 9.98. The normalized spacial score (nSPS) is 16.1. The third kappa shape index (κ3) is 4.84. The molecule has 1 aliphatic carbocycles. The van der Waals surface area contributed by atoms with Gasteiger partial charge in [-0.1, -0.05) is 25.7 Å². The van der Waals surface area contributed by atoms with Gasteiger partial charge in [-0.3, -0.25) is 9.78 Å². The number of aromatic nitrogens is 5. The summed E-state index contributed by atoms with van der Waals surface area (Å²) in [7, 11) is -2.61. The maximum atomic E-state index is 12.8. The average Bonchev–Trinajstić information content (AvgIpc) is 3.26. The van der Waals surface area contributed by atoms with E-state index < -0.39 is 16.7 Å². The molecule has 0 spiro atoms. The summed E-state index contributed by atoms with van der Waals surface area (Å²) in [4.78, 5) is 25.1. The molecule has 1 saturated carbocycles. The molecule has 2 heterocycles. The maximum Gasteiger partial charge on any atom is 0.250 e. The highest BCUT2D eigenvalue weighted by Crippen LogP contribution is 2.32. The van der Waals surface area contributed by atoms with Crippen molar-refractivity contribution in [1.29, 1.82) is 0 Å². The number of thiol groups is 1. The van der Waals surface area contributed by atoms with Crippen LogP contribution in [-0.4, -0.2) is 39.1 Å². The number of nitrogens with one attached hydrogen (secondary N) is 1. The average molecular weight is 378 g/mol. The number of nitrogens with zero attached hydrogens (tertiary/aromatic N) is 5. The van der Waals surface area contributed by atoms with Crippen molar-refractivity contribution in [1.82, 2.24) is 24.7 Å². The molecule has 0 bridgehead atoms. The number of hydrogen-bond acceptors (Lipinski definition) is 7. The minimum absolute atomic E-state index is 0.195. The Kier molecular flexibility index (Phi) is 5.92. The molecule has 0 unspecified atom stereocenters. The monoisotopic (exact) mass is 378 g/mol. The molecule has 1 fully saturated rings. The van der Waals surface area contributed by atoms with Crippen molar-refractivity contribution < 1.29 is 13.2 Å². The Balaban J connectivity index is 1.78. The van der Waals surface area contributed by atoms with Gasteiger partial charge < -0.3 is 5.32 Å². The zero-order chi connectivity index (χ0) is 18.5. The molecule has 140 valence electrons. The first-order chi connectivity index (χ1) is 12.5. The Morgan fingerprint density at radius 1 is 1.27 bits per heavy atom. The van der Waals surface area contributed by atoms with Gasteiger partial charge in [-0.25, -0.2) is 23.1 Å². The number of hydrogen-bond donors (Lipinski definition) is 2. The van der Waals surface area contributed by atoms with Gasteiger partial charge in [0, 0.05) is 0 Å². The lowest BCUT2D eigenvalue weighted by Gasteiger charge is -2.20. The van der Waals surface area contributed by atoms with Crippen molar-refractivity contribution in [2.24, 2.45) is 5.92 Å². The van der Waals surface area contributed by atoms with E-state index in [1.54, 1.807) is 6.20 Å². The van der Waals surface area contributed by atoms with E-state index in [0.29, 0.717) is 18.2 Å². The molecule has 9 nitrogen and oxygen atoms in total. The molecule has 2 aromatic heterocycles. The molecular formula is C16H22N6O3S. The second kappa shape index (κ2) is 8.35. The zero-order valence-electron chi connectivity index (χ0n) is 14.5. The van der Waals surface area contributed by atoms with Gasteiger partial charge in [0.15, 0.2) is 11.6 Å². The molecule has 1 N–H and O–H groups in total. The lowest BCUT2D eigenvalue weighted by Crippen LogP contribution is -2.28. The third-order valence-electron chi connectivity index (χ3n) is 4.51. The smallest absolute Gasteiger partial charge is 0.250 e. The minimum atomic E-state index is -2.61. The van der Waals surface area contributed by atoms with Gasteiger partial charge in [-0.2, -0.15) is 5.10 Å². The second-order valence-electron chi connectivity index (χ2n) is 6.57. The van der Waals surface area contributed by atoms with E-state index in [9.17, 15) is 13.2 Å². The number of carbonyl (C=O) groups is 1. The summed E-state index contributed by atoms with van der Waals surface area (Å²) in [5, 5.41) is 6.97. The highest BCUT2D eigenvalue weighted by Gasteiger charge is 2.28. The van der Waals surface area contributed by atoms with Crippen molar-refractivity contribution in [2.75, 3.05) is 5.32 Å². The summed E-state index contributed by atoms with van der Waals surface area (Å²) < 4.78 is 23.2. The Bertz CT molecular complexity index is 819. The van der Waals surface area contributed by atoms with Gasteiger partial charge in [0.25, 0.3) is 5.91 Å². The van der Waals surface area contributed by atoms with Crippen LogP contribution >= 0.6 is 0 Å². The molecule has 0 aromatic carbocycles. The van der Waals surface area contributed by atoms with Crippen molar-refractivity contribution in [3.8, 4) is 0 Å². The van der Waals surface area contributed by atoms with Crippen LogP contribution in [0.1, 0.15) is 49.7 Å². The highest BCUT2D eigenvalue weighted by atomic mass is 32.2. The first-order valence-electron chi connectivity index (χ1n) is 8.62. The number of anilines is 1. The summed E-state index contributed by atoms with van der Waals surface area (Å²) in [5.41, 5.74) is 0.762. The Morgan fingerprint density at radius 3 is 2.69 bits per heavy atom. The van der Waals surface area contributed by atoms with Gasteiger partial charge in [0.2, 0.25) is 0 Å². The van der Waals surface area contributed by atoms with Crippen molar-refractivity contribution >= 4 is 22.4 Å². The van der Waals surface area contributed by atoms with Gasteiger partial charge in [-0.05, 0) is 19.3 Å². The standard InChI is InChI=1S/C16H22N6O3S/c1-11-7-18-14(8-17-11)20-16(23)13(6-12-4-2-3-5-12)22-10-19-15(21-22)9-26(24)25/h7-8,10,12-13,26H,2-6,9H2,1H3,(H,18,20,23)/t13-/m0/s1. The Morgan fingerprint density at radius 2 is 2.04 bits per heavy atom. The zero-order valence-corrected chi connectivity index (χ0v) is 15.4. The third-order valence-corrected chi connectivity index (χ3v) is 5.05. The number of aryl methyl sites for hydroxylation is 1. The molecule has 0 saturated heterocycles. The van der Waals surface area contributed by atoms with Gasteiger partial charge in [-0.15, -0.1) is 0 Å². The Hall–Kier alpha value is -2.36. The van der Waals surface area contributed by atoms with Crippen LogP contribution in [-0.2, 0) is 21.3 Å². The van der Waals surface area contributed by atoms with Crippen LogP contribution in [0.15, 0.2) is 18.7 Å². The molecule has 26 heavy (non-hydrogen) atoms. The fraction of sp³-hybridized carbons (Fsp3) is 0.562. The van der Waals surface area contributed by atoms with E-state index in [4.69, 9.17) is 0 Å². The number of amides is 1. The molecule has 0 radical (unpaired) electrons. The van der Waals surface area contributed by atoms with E-state index >= 15 is 0 Å². The predicted molar refractivity (Wildman–Crippen MR) is 95.1 cm³/mol. The molecule has 1 amide bonds. The summed E-state index contributed by atoms with van der Waals surface area (Å²) in [6.07, 6.45) is 9.66. The van der Waals surface area contributed by atoms with E-state index in [0.717, 1.165) is 18.5 Å². The summed E-state index contributed by atoms with van der Waals surface area (Å²) >= 11 is 0. The van der Waals surface area contributed by atoms with E-state index in [1.807, 2.05) is 6.92 Å². The van der Waals surface area contributed by atoms with Crippen LogP contribution in [0.5, 0.6) is 0 Å². The fourth-order valence-corrected chi connectivity index (χ4v) is 3.59. The van der Waals surface area contributed by atoms with Gasteiger partial charge in [0.1, 0.15) is 28.8 Å². The quantitative estimate of drug-likeness (QED) is 0.696. The molecule has 1 atom stereocenters. The first kappa shape index (κ1) is 18.4.